The number of hydrogen-bond acceptors (Lipinski definition) is 3. The Morgan fingerprint density at radius 2 is 1.10 bits per heavy atom. The molecule has 0 saturated carbocycles. The van der Waals surface area contributed by atoms with Gasteiger partial charge in [-0.15, -0.1) is 0 Å². The van der Waals surface area contributed by atoms with Gasteiger partial charge in [-0.25, -0.2) is 4.85 Å². The van der Waals surface area contributed by atoms with Crippen LogP contribution in [0, 0.1) is 40.6 Å². The van der Waals surface area contributed by atoms with E-state index in [1.54, 1.807) is 18.2 Å². The molecule has 0 aliphatic carbocycles. The van der Waals surface area contributed by atoms with E-state index in [1.165, 1.54) is 10.8 Å². The van der Waals surface area contributed by atoms with Crippen molar-refractivity contribution in [3.05, 3.63) is 174 Å². The number of aromatic nitrogens is 2. The first-order chi connectivity index (χ1) is 25.6. The molecule has 0 radical (unpaired) electrons. The smallest absolute Gasteiger partial charge is 0.188 e. The third kappa shape index (κ3) is 4.54. The van der Waals surface area contributed by atoms with E-state index in [2.05, 4.69) is 92.9 Å². The van der Waals surface area contributed by atoms with Gasteiger partial charge in [0.1, 0.15) is 0 Å². The fourth-order valence-electron chi connectivity index (χ4n) is 7.60. The minimum absolute atomic E-state index is 0.384. The SMILES string of the molecule is [C-]#[N+]c1ccc2c(c1)c1cc(C#N)ccc1n2-c1ccccc1-c1cc(C#N)cc(C#N)c1-c1ccc(-n2c3ccccc3c3ccccc32)cc1. The molecule has 238 valence electrons. The van der Waals surface area contributed by atoms with E-state index in [-0.39, 0.29) is 0 Å². The third-order valence-corrected chi connectivity index (χ3v) is 9.82. The van der Waals surface area contributed by atoms with E-state index in [0.717, 1.165) is 66.5 Å². The Kier molecular flexibility index (Phi) is 6.91. The monoisotopic (exact) mass is 660 g/mol. The summed E-state index contributed by atoms with van der Waals surface area (Å²) in [5.74, 6) is 0. The van der Waals surface area contributed by atoms with Gasteiger partial charge in [-0.1, -0.05) is 72.8 Å². The first-order valence-corrected chi connectivity index (χ1v) is 16.6. The summed E-state index contributed by atoms with van der Waals surface area (Å²) in [7, 11) is 0. The van der Waals surface area contributed by atoms with Gasteiger partial charge in [0.05, 0.1) is 69.2 Å². The molecule has 0 saturated heterocycles. The summed E-state index contributed by atoms with van der Waals surface area (Å²) in [6.45, 7) is 7.64. The molecule has 6 heteroatoms. The van der Waals surface area contributed by atoms with Gasteiger partial charge in [-0.05, 0) is 89.3 Å². The summed E-state index contributed by atoms with van der Waals surface area (Å²) in [6, 6.07) is 54.6. The Balaban J connectivity index is 1.28. The minimum Gasteiger partial charge on any atom is -0.309 e. The fourth-order valence-corrected chi connectivity index (χ4v) is 7.60. The van der Waals surface area contributed by atoms with Crippen LogP contribution in [0.2, 0.25) is 0 Å². The second-order valence-electron chi connectivity index (χ2n) is 12.6. The van der Waals surface area contributed by atoms with Crippen molar-refractivity contribution >= 4 is 49.3 Å². The molecule has 52 heavy (non-hydrogen) atoms. The van der Waals surface area contributed by atoms with Gasteiger partial charge < -0.3 is 9.13 Å². The third-order valence-electron chi connectivity index (χ3n) is 9.82. The van der Waals surface area contributed by atoms with Crippen LogP contribution in [0.3, 0.4) is 0 Å². The molecule has 0 atom stereocenters. The van der Waals surface area contributed by atoms with Gasteiger partial charge in [0.25, 0.3) is 0 Å². The van der Waals surface area contributed by atoms with Crippen LogP contribution in [-0.4, -0.2) is 9.13 Å². The molecule has 0 fully saturated rings. The van der Waals surface area contributed by atoms with Gasteiger partial charge in [0.15, 0.2) is 5.69 Å². The van der Waals surface area contributed by atoms with Crippen molar-refractivity contribution in [3.8, 4) is 51.8 Å². The molecule has 0 aliphatic rings. The number of fused-ring (bicyclic) bond motifs is 6. The molecule has 6 nitrogen and oxygen atoms in total. The maximum atomic E-state index is 10.5. The van der Waals surface area contributed by atoms with Gasteiger partial charge in [0, 0.05) is 33.0 Å². The standard InChI is InChI=1S/C46H24N6/c1-50-33-17-21-45-39(25-33)38-23-29(26-47)14-20-44(38)52(45)43-13-7-4-10-37(43)40-24-30(27-48)22-32(28-49)46(40)31-15-18-34(19-16-31)51-41-11-5-2-8-35(41)36-9-3-6-12-42(36)51/h2-25H. The topological polar surface area (TPSA) is 85.6 Å². The minimum atomic E-state index is 0.384. The Morgan fingerprint density at radius 3 is 1.77 bits per heavy atom. The molecule has 9 rings (SSSR count). The number of para-hydroxylation sites is 3. The molecule has 0 unspecified atom stereocenters. The van der Waals surface area contributed by atoms with Gasteiger partial charge in [-0.2, -0.15) is 15.8 Å². The van der Waals surface area contributed by atoms with Crippen molar-refractivity contribution in [2.24, 2.45) is 0 Å². The van der Waals surface area contributed by atoms with Gasteiger partial charge in [0.2, 0.25) is 0 Å². The van der Waals surface area contributed by atoms with Crippen LogP contribution in [0.1, 0.15) is 16.7 Å². The lowest BCUT2D eigenvalue weighted by molar-refractivity contribution is 1.18. The fraction of sp³-hybridized carbons (Fsp3) is 0. The molecule has 7 aromatic carbocycles. The number of benzene rings is 7. The first-order valence-electron chi connectivity index (χ1n) is 16.6. The van der Waals surface area contributed by atoms with Crippen molar-refractivity contribution < 1.29 is 0 Å². The molecule has 2 heterocycles. The zero-order valence-corrected chi connectivity index (χ0v) is 27.5. The number of nitrogens with zero attached hydrogens (tertiary/aromatic N) is 6. The van der Waals surface area contributed by atoms with Crippen LogP contribution in [0.25, 0.3) is 82.1 Å². The van der Waals surface area contributed by atoms with E-state index in [9.17, 15) is 15.8 Å². The van der Waals surface area contributed by atoms with Crippen LogP contribution in [-0.2, 0) is 0 Å². The van der Waals surface area contributed by atoms with Gasteiger partial charge in [-0.3, -0.25) is 0 Å². The lowest BCUT2D eigenvalue weighted by Crippen LogP contribution is -2.00. The Bertz CT molecular complexity index is 2990. The molecule has 2 aromatic heterocycles. The molecule has 0 N–H and O–H groups in total. The van der Waals surface area contributed by atoms with Crippen molar-refractivity contribution in [2.75, 3.05) is 0 Å². The highest BCUT2D eigenvalue weighted by Gasteiger charge is 2.21. The number of hydrogen-bond donors (Lipinski definition) is 0. The van der Waals surface area contributed by atoms with E-state index in [0.29, 0.717) is 22.4 Å². The Hall–Kier alpha value is -7.90. The second kappa shape index (κ2) is 11.9. The summed E-state index contributed by atoms with van der Waals surface area (Å²) in [5, 5.41) is 34.5. The zero-order valence-electron chi connectivity index (χ0n) is 27.5. The summed E-state index contributed by atoms with van der Waals surface area (Å²) < 4.78 is 4.39. The second-order valence-corrected chi connectivity index (χ2v) is 12.6. The predicted octanol–water partition coefficient (Wildman–Crippen LogP) is 11.4. The highest BCUT2D eigenvalue weighted by molar-refractivity contribution is 6.12. The maximum Gasteiger partial charge on any atom is 0.188 e. The quantitative estimate of drug-likeness (QED) is 0.176. The lowest BCUT2D eigenvalue weighted by Gasteiger charge is -2.19. The highest BCUT2D eigenvalue weighted by Crippen LogP contribution is 2.43. The maximum absolute atomic E-state index is 10.5. The normalized spacial score (nSPS) is 11.0. The van der Waals surface area contributed by atoms with Crippen LogP contribution < -0.4 is 0 Å². The number of nitriles is 3. The van der Waals surface area contributed by atoms with Gasteiger partial charge >= 0.3 is 0 Å². The highest BCUT2D eigenvalue weighted by atomic mass is 15.0. The molecule has 0 spiro atoms. The van der Waals surface area contributed by atoms with Crippen molar-refractivity contribution in [2.45, 2.75) is 0 Å². The Morgan fingerprint density at radius 1 is 0.481 bits per heavy atom. The van der Waals surface area contributed by atoms with Crippen molar-refractivity contribution in [1.82, 2.24) is 9.13 Å². The summed E-state index contributed by atoms with van der Waals surface area (Å²) in [6.07, 6.45) is 0. The Labute approximate surface area is 298 Å². The van der Waals surface area contributed by atoms with E-state index >= 15 is 0 Å². The molecular weight excluding hydrogens is 637 g/mol. The molecular formula is C46H24N6. The molecule has 0 aliphatic heterocycles. The average Bonchev–Trinajstić information content (AvgIpc) is 3.72. The first kappa shape index (κ1) is 30.2. The van der Waals surface area contributed by atoms with Crippen LogP contribution in [0.5, 0.6) is 0 Å². The van der Waals surface area contributed by atoms with E-state index in [4.69, 9.17) is 6.57 Å². The number of rotatable bonds is 4. The van der Waals surface area contributed by atoms with E-state index < -0.39 is 0 Å². The average molecular weight is 661 g/mol. The van der Waals surface area contributed by atoms with Crippen LogP contribution >= 0.6 is 0 Å². The summed E-state index contributed by atoms with van der Waals surface area (Å²) in [5.41, 5.74) is 10.8. The van der Waals surface area contributed by atoms with Crippen molar-refractivity contribution in [1.29, 1.82) is 15.8 Å². The molecule has 9 aromatic rings. The predicted molar refractivity (Wildman–Crippen MR) is 206 cm³/mol. The molecule has 0 amide bonds. The van der Waals surface area contributed by atoms with E-state index in [1.807, 2.05) is 66.7 Å². The summed E-state index contributed by atoms with van der Waals surface area (Å²) in [4.78, 5) is 3.67. The van der Waals surface area contributed by atoms with Crippen molar-refractivity contribution in [3.63, 3.8) is 0 Å². The largest absolute Gasteiger partial charge is 0.309 e. The van der Waals surface area contributed by atoms with Crippen LogP contribution in [0.4, 0.5) is 5.69 Å². The molecule has 0 bridgehead atoms. The summed E-state index contributed by atoms with van der Waals surface area (Å²) >= 11 is 0. The zero-order chi connectivity index (χ0) is 35.3. The van der Waals surface area contributed by atoms with Crippen LogP contribution in [0.15, 0.2) is 146 Å². The lowest BCUT2D eigenvalue weighted by atomic mass is 9.88.